The first kappa shape index (κ1) is 16.6. The van der Waals surface area contributed by atoms with Crippen LogP contribution < -0.4 is 5.32 Å². The van der Waals surface area contributed by atoms with Crippen molar-refractivity contribution in [2.75, 3.05) is 6.61 Å². The Kier molecular flexibility index (Phi) is 4.37. The molecule has 2 aromatic carbocycles. The molecule has 0 saturated heterocycles. The molecule has 2 aliphatic carbocycles. The van der Waals surface area contributed by atoms with Gasteiger partial charge in [0.15, 0.2) is 0 Å². The number of alkyl carbamates (subject to hydrolysis) is 1. The summed E-state index contributed by atoms with van der Waals surface area (Å²) in [6.07, 6.45) is 1.28. The van der Waals surface area contributed by atoms with Gasteiger partial charge in [-0.2, -0.15) is 0 Å². The van der Waals surface area contributed by atoms with Crippen LogP contribution in [0.2, 0.25) is 0 Å². The van der Waals surface area contributed by atoms with Crippen LogP contribution in [0, 0.1) is 5.92 Å². The molecule has 0 heterocycles. The molecule has 2 N–H and O–H groups in total. The highest BCUT2D eigenvalue weighted by Crippen LogP contribution is 2.44. The highest BCUT2D eigenvalue weighted by molar-refractivity contribution is 5.79. The number of carboxylic acid groups (broad SMARTS) is 1. The zero-order chi connectivity index (χ0) is 18.1. The van der Waals surface area contributed by atoms with Gasteiger partial charge in [0.25, 0.3) is 0 Å². The number of carboxylic acids is 1. The fourth-order valence-corrected chi connectivity index (χ4v) is 4.14. The first-order valence-corrected chi connectivity index (χ1v) is 8.98. The fraction of sp³-hybridized carbons (Fsp3) is 0.333. The van der Waals surface area contributed by atoms with Crippen LogP contribution in [0.15, 0.2) is 48.5 Å². The zero-order valence-electron chi connectivity index (χ0n) is 14.4. The van der Waals surface area contributed by atoms with Crippen LogP contribution in [-0.2, 0) is 9.53 Å². The predicted octanol–water partition coefficient (Wildman–Crippen LogP) is 3.78. The van der Waals surface area contributed by atoms with E-state index in [1.807, 2.05) is 24.3 Å². The smallest absolute Gasteiger partial charge is 0.407 e. The van der Waals surface area contributed by atoms with E-state index >= 15 is 0 Å². The second kappa shape index (κ2) is 6.83. The summed E-state index contributed by atoms with van der Waals surface area (Å²) in [6, 6.07) is 16.3. The molecular weight excluding hydrogens is 330 g/mol. The maximum Gasteiger partial charge on any atom is 0.407 e. The molecule has 0 aliphatic heterocycles. The number of fused-ring (bicyclic) bond motifs is 3. The van der Waals surface area contributed by atoms with E-state index in [9.17, 15) is 9.59 Å². The van der Waals surface area contributed by atoms with E-state index in [0.29, 0.717) is 19.3 Å². The van der Waals surface area contributed by atoms with Crippen molar-refractivity contribution in [3.05, 3.63) is 59.7 Å². The topological polar surface area (TPSA) is 75.6 Å². The summed E-state index contributed by atoms with van der Waals surface area (Å²) in [7, 11) is 0. The molecule has 0 spiro atoms. The quantitative estimate of drug-likeness (QED) is 0.879. The van der Waals surface area contributed by atoms with Crippen molar-refractivity contribution in [1.82, 2.24) is 5.32 Å². The molecule has 0 radical (unpaired) electrons. The Morgan fingerprint density at radius 3 is 2.19 bits per heavy atom. The van der Waals surface area contributed by atoms with E-state index in [0.717, 1.165) is 0 Å². The van der Waals surface area contributed by atoms with Crippen LogP contribution in [0.4, 0.5) is 4.79 Å². The van der Waals surface area contributed by atoms with Crippen LogP contribution in [0.3, 0.4) is 0 Å². The molecule has 0 unspecified atom stereocenters. The SMILES string of the molecule is O=C(N[C@H]1CC[C@@H](C(=O)O)C1)OCC1c2ccccc2-c2ccccc21. The fourth-order valence-electron chi connectivity index (χ4n) is 4.14. The molecule has 1 saturated carbocycles. The zero-order valence-corrected chi connectivity index (χ0v) is 14.4. The lowest BCUT2D eigenvalue weighted by atomic mass is 9.98. The Labute approximate surface area is 152 Å². The minimum atomic E-state index is -0.790. The standard InChI is InChI=1S/C21H21NO4/c23-20(24)13-9-10-14(11-13)22-21(25)26-12-19-17-7-3-1-5-15(17)16-6-2-4-8-18(16)19/h1-8,13-14,19H,9-12H2,(H,22,25)(H,23,24)/t13-,14+/m1/s1. The summed E-state index contributed by atoms with van der Waals surface area (Å²) in [6.45, 7) is 0.273. The molecule has 2 aromatic rings. The average Bonchev–Trinajstić information content (AvgIpc) is 3.23. The van der Waals surface area contributed by atoms with Gasteiger partial charge in [0.1, 0.15) is 6.61 Å². The van der Waals surface area contributed by atoms with Gasteiger partial charge in [-0.05, 0) is 41.5 Å². The number of carbonyl (C=O) groups is 2. The second-order valence-electron chi connectivity index (χ2n) is 7.02. The van der Waals surface area contributed by atoms with E-state index in [4.69, 9.17) is 9.84 Å². The largest absolute Gasteiger partial charge is 0.481 e. The molecule has 1 amide bonds. The number of hydrogen-bond donors (Lipinski definition) is 2. The Hall–Kier alpha value is -2.82. The molecule has 2 atom stereocenters. The molecule has 0 aromatic heterocycles. The van der Waals surface area contributed by atoms with E-state index in [-0.39, 0.29) is 24.5 Å². The second-order valence-corrected chi connectivity index (χ2v) is 7.02. The van der Waals surface area contributed by atoms with E-state index < -0.39 is 12.1 Å². The van der Waals surface area contributed by atoms with Crippen molar-refractivity contribution in [1.29, 1.82) is 0 Å². The lowest BCUT2D eigenvalue weighted by molar-refractivity contribution is -0.141. The maximum absolute atomic E-state index is 12.2. The number of ether oxygens (including phenoxy) is 1. The van der Waals surface area contributed by atoms with Crippen LogP contribution in [0.5, 0.6) is 0 Å². The van der Waals surface area contributed by atoms with Crippen LogP contribution in [0.1, 0.15) is 36.3 Å². The normalized spacial score (nSPS) is 21.1. The Balaban J connectivity index is 1.41. The Morgan fingerprint density at radius 1 is 1.00 bits per heavy atom. The minimum Gasteiger partial charge on any atom is -0.481 e. The first-order valence-electron chi connectivity index (χ1n) is 8.98. The van der Waals surface area contributed by atoms with Gasteiger partial charge in [0, 0.05) is 12.0 Å². The molecule has 26 heavy (non-hydrogen) atoms. The molecule has 2 aliphatic rings. The number of benzene rings is 2. The molecule has 134 valence electrons. The van der Waals surface area contributed by atoms with Gasteiger partial charge in [-0.25, -0.2) is 4.79 Å². The molecule has 5 heteroatoms. The average molecular weight is 351 g/mol. The maximum atomic E-state index is 12.2. The molecule has 5 nitrogen and oxygen atoms in total. The van der Waals surface area contributed by atoms with E-state index in [1.165, 1.54) is 22.3 Å². The van der Waals surface area contributed by atoms with Crippen molar-refractivity contribution in [3.8, 4) is 11.1 Å². The van der Waals surface area contributed by atoms with Crippen molar-refractivity contribution >= 4 is 12.1 Å². The van der Waals surface area contributed by atoms with Crippen LogP contribution >= 0.6 is 0 Å². The lowest BCUT2D eigenvalue weighted by Gasteiger charge is -2.16. The van der Waals surface area contributed by atoms with Gasteiger partial charge >= 0.3 is 12.1 Å². The molecule has 0 bridgehead atoms. The summed E-state index contributed by atoms with van der Waals surface area (Å²) in [5, 5.41) is 11.9. The molecule has 1 fully saturated rings. The summed E-state index contributed by atoms with van der Waals surface area (Å²) in [5.41, 5.74) is 4.73. The number of hydrogen-bond acceptors (Lipinski definition) is 3. The highest BCUT2D eigenvalue weighted by Gasteiger charge is 2.32. The van der Waals surface area contributed by atoms with E-state index in [1.54, 1.807) is 0 Å². The summed E-state index contributed by atoms with van der Waals surface area (Å²) < 4.78 is 5.50. The van der Waals surface area contributed by atoms with Crippen molar-refractivity contribution in [3.63, 3.8) is 0 Å². The van der Waals surface area contributed by atoms with E-state index in [2.05, 4.69) is 29.6 Å². The molecule has 4 rings (SSSR count). The van der Waals surface area contributed by atoms with Crippen molar-refractivity contribution in [2.24, 2.45) is 5.92 Å². The number of aliphatic carboxylic acids is 1. The van der Waals surface area contributed by atoms with Crippen LogP contribution in [-0.4, -0.2) is 29.8 Å². The van der Waals surface area contributed by atoms with Gasteiger partial charge < -0.3 is 15.2 Å². The highest BCUT2D eigenvalue weighted by atomic mass is 16.5. The number of carbonyl (C=O) groups excluding carboxylic acids is 1. The Morgan fingerprint density at radius 2 is 1.62 bits per heavy atom. The van der Waals surface area contributed by atoms with Gasteiger partial charge in [-0.3, -0.25) is 4.79 Å². The number of amides is 1. The summed E-state index contributed by atoms with van der Waals surface area (Å²) in [4.78, 5) is 23.2. The Bertz CT molecular complexity index is 802. The summed E-state index contributed by atoms with van der Waals surface area (Å²) >= 11 is 0. The lowest BCUT2D eigenvalue weighted by Crippen LogP contribution is -2.34. The third-order valence-electron chi connectivity index (χ3n) is 5.45. The molecular formula is C21H21NO4. The number of rotatable bonds is 4. The summed E-state index contributed by atoms with van der Waals surface area (Å²) in [5.74, 6) is -1.13. The van der Waals surface area contributed by atoms with Crippen molar-refractivity contribution < 1.29 is 19.4 Å². The van der Waals surface area contributed by atoms with Gasteiger partial charge in [0.2, 0.25) is 0 Å². The third-order valence-corrected chi connectivity index (χ3v) is 5.45. The van der Waals surface area contributed by atoms with Gasteiger partial charge in [-0.15, -0.1) is 0 Å². The first-order chi connectivity index (χ1) is 12.6. The number of nitrogens with one attached hydrogen (secondary N) is 1. The van der Waals surface area contributed by atoms with Gasteiger partial charge in [-0.1, -0.05) is 48.5 Å². The monoisotopic (exact) mass is 351 g/mol. The van der Waals surface area contributed by atoms with Crippen LogP contribution in [0.25, 0.3) is 11.1 Å². The minimum absolute atomic E-state index is 0.0310. The van der Waals surface area contributed by atoms with Gasteiger partial charge in [0.05, 0.1) is 5.92 Å². The van der Waals surface area contributed by atoms with Crippen molar-refractivity contribution in [2.45, 2.75) is 31.2 Å². The third kappa shape index (κ3) is 3.05. The predicted molar refractivity (Wildman–Crippen MR) is 97.0 cm³/mol.